The van der Waals surface area contributed by atoms with Crippen LogP contribution in [0.15, 0.2) is 212 Å². The largest absolute Gasteiger partial charge is 0.228 e. The Bertz CT molecular complexity index is 3500. The van der Waals surface area contributed by atoms with Crippen LogP contribution in [0.2, 0.25) is 0 Å². The third kappa shape index (κ3) is 5.21. The van der Waals surface area contributed by atoms with Crippen molar-refractivity contribution in [1.29, 1.82) is 0 Å². The number of nitrogens with zero attached hydrogens (tertiary/aromatic N) is 2. The van der Waals surface area contributed by atoms with Gasteiger partial charge in [0, 0.05) is 22.1 Å². The van der Waals surface area contributed by atoms with Crippen molar-refractivity contribution >= 4 is 43.1 Å². The molecule has 0 saturated heterocycles. The topological polar surface area (TPSA) is 25.8 Å². The van der Waals surface area contributed by atoms with Gasteiger partial charge in [0.15, 0.2) is 5.82 Å². The number of benzene rings is 10. The van der Waals surface area contributed by atoms with Crippen LogP contribution < -0.4 is 0 Å². The molecule has 12 rings (SSSR count). The molecule has 280 valence electrons. The van der Waals surface area contributed by atoms with Crippen LogP contribution in [0, 0.1) is 0 Å². The minimum Gasteiger partial charge on any atom is -0.228 e. The van der Waals surface area contributed by atoms with Gasteiger partial charge in [-0.25, -0.2) is 9.97 Å². The molecule has 0 amide bonds. The van der Waals surface area contributed by atoms with Gasteiger partial charge in [-0.3, -0.25) is 0 Å². The minimum absolute atomic E-state index is 0.263. The molecule has 0 saturated carbocycles. The van der Waals surface area contributed by atoms with Gasteiger partial charge in [0.1, 0.15) is 0 Å². The lowest BCUT2D eigenvalue weighted by Gasteiger charge is -2.28. The van der Waals surface area contributed by atoms with Gasteiger partial charge in [-0.1, -0.05) is 194 Å². The van der Waals surface area contributed by atoms with Gasteiger partial charge >= 0.3 is 0 Å². The van der Waals surface area contributed by atoms with Crippen LogP contribution in [0.25, 0.3) is 99.2 Å². The maximum atomic E-state index is 5.35. The first kappa shape index (κ1) is 34.4. The molecule has 0 aliphatic heterocycles. The first-order valence-corrected chi connectivity index (χ1v) is 20.7. The highest BCUT2D eigenvalue weighted by Crippen LogP contribution is 2.53. The number of fused-ring (bicyclic) bond motifs is 8. The van der Waals surface area contributed by atoms with Gasteiger partial charge in [0.05, 0.1) is 11.4 Å². The Labute approximate surface area is 349 Å². The van der Waals surface area contributed by atoms with E-state index in [4.69, 9.17) is 9.97 Å². The number of aromatic nitrogens is 2. The van der Waals surface area contributed by atoms with E-state index in [9.17, 15) is 0 Å². The van der Waals surface area contributed by atoms with Gasteiger partial charge < -0.3 is 0 Å². The fraction of sp³-hybridized carbons (Fsp3) is 0.0345. The van der Waals surface area contributed by atoms with Crippen LogP contribution in [0.1, 0.15) is 23.6 Å². The quantitative estimate of drug-likeness (QED) is 0.129. The molecule has 1 unspecified atom stereocenters. The summed E-state index contributed by atoms with van der Waals surface area (Å²) in [7, 11) is 0. The standard InChI is InChI=1S/C58H38N2/c1-58(41-20-6-3-7-21-41)52-27-15-14-26-46(52)51-35-40(29-33-53(51)58)54-36-55(60-57(59-54)38-17-4-2-5-18-38)47-31-32-48(45-25-13-12-24-44(45)47)56-43-23-11-9-19-39(43)34-50-42-22-10-8-16-37(42)28-30-49(50)56/h2-36H,1H3. The van der Waals surface area contributed by atoms with Gasteiger partial charge in [-0.05, 0) is 107 Å². The third-order valence-electron chi connectivity index (χ3n) is 13.0. The maximum Gasteiger partial charge on any atom is 0.160 e. The average molecular weight is 763 g/mol. The van der Waals surface area contributed by atoms with Crippen LogP contribution in [0.3, 0.4) is 0 Å². The molecule has 10 aromatic carbocycles. The molecule has 0 spiro atoms. The molecule has 2 heteroatoms. The second kappa shape index (κ2) is 13.4. The van der Waals surface area contributed by atoms with Crippen LogP contribution in [-0.4, -0.2) is 9.97 Å². The Morgan fingerprint density at radius 2 is 0.950 bits per heavy atom. The van der Waals surface area contributed by atoms with Crippen LogP contribution in [0.4, 0.5) is 0 Å². The predicted octanol–water partition coefficient (Wildman–Crippen LogP) is 15.1. The summed E-state index contributed by atoms with van der Waals surface area (Å²) in [5.41, 5.74) is 13.6. The third-order valence-corrected chi connectivity index (χ3v) is 13.0. The molecule has 1 heterocycles. The summed E-state index contributed by atoms with van der Waals surface area (Å²) in [6.07, 6.45) is 0. The van der Waals surface area contributed by atoms with E-state index in [-0.39, 0.29) is 5.41 Å². The molecule has 60 heavy (non-hydrogen) atoms. The van der Waals surface area contributed by atoms with E-state index in [0.717, 1.165) is 33.5 Å². The first-order valence-electron chi connectivity index (χ1n) is 20.7. The fourth-order valence-electron chi connectivity index (χ4n) is 10.0. The second-order valence-electron chi connectivity index (χ2n) is 16.2. The maximum absolute atomic E-state index is 5.35. The minimum atomic E-state index is -0.263. The molecule has 2 nitrogen and oxygen atoms in total. The van der Waals surface area contributed by atoms with Crippen LogP contribution in [0.5, 0.6) is 0 Å². The molecule has 0 radical (unpaired) electrons. The number of rotatable bonds is 5. The van der Waals surface area contributed by atoms with Crippen LogP contribution >= 0.6 is 0 Å². The molecule has 1 aromatic heterocycles. The highest BCUT2D eigenvalue weighted by molar-refractivity contribution is 6.23. The summed E-state index contributed by atoms with van der Waals surface area (Å²) in [5, 5.41) is 9.86. The van der Waals surface area contributed by atoms with Crippen molar-refractivity contribution in [3.05, 3.63) is 229 Å². The molecule has 1 aliphatic carbocycles. The SMILES string of the molecule is CC1(c2ccccc2)c2ccccc2-c2cc(-c3cc(-c4ccc(-c5c6ccccc6cc6c5ccc5ccccc56)c5ccccc45)nc(-c4ccccc4)n3)ccc21. The normalized spacial score (nSPS) is 14.5. The molecular formula is C58H38N2. The molecule has 11 aromatic rings. The predicted molar refractivity (Wildman–Crippen MR) is 251 cm³/mol. The van der Waals surface area contributed by atoms with Gasteiger partial charge in [-0.2, -0.15) is 0 Å². The highest BCUT2D eigenvalue weighted by atomic mass is 14.9. The zero-order valence-electron chi connectivity index (χ0n) is 33.1. The summed E-state index contributed by atoms with van der Waals surface area (Å²) in [6, 6.07) is 77.1. The summed E-state index contributed by atoms with van der Waals surface area (Å²) in [5.74, 6) is 0.707. The molecule has 0 N–H and O–H groups in total. The van der Waals surface area contributed by atoms with Gasteiger partial charge in [-0.15, -0.1) is 0 Å². The lowest BCUT2D eigenvalue weighted by Crippen LogP contribution is -2.22. The molecule has 1 atom stereocenters. The Morgan fingerprint density at radius 1 is 0.333 bits per heavy atom. The zero-order valence-corrected chi connectivity index (χ0v) is 33.1. The van der Waals surface area contributed by atoms with E-state index < -0.39 is 0 Å². The molecule has 0 bridgehead atoms. The Balaban J connectivity index is 1.07. The van der Waals surface area contributed by atoms with Crippen molar-refractivity contribution < 1.29 is 0 Å². The Hall–Kier alpha value is -7.68. The van der Waals surface area contributed by atoms with Crippen LogP contribution in [-0.2, 0) is 5.41 Å². The van der Waals surface area contributed by atoms with E-state index in [1.807, 2.05) is 6.07 Å². The zero-order chi connectivity index (χ0) is 39.8. The summed E-state index contributed by atoms with van der Waals surface area (Å²) < 4.78 is 0. The van der Waals surface area contributed by atoms with E-state index in [2.05, 4.69) is 213 Å². The first-order chi connectivity index (χ1) is 29.6. The molecular weight excluding hydrogens is 725 g/mol. The molecule has 1 aliphatic rings. The number of hydrogen-bond donors (Lipinski definition) is 0. The Morgan fingerprint density at radius 3 is 1.77 bits per heavy atom. The van der Waals surface area contributed by atoms with E-state index in [0.29, 0.717) is 5.82 Å². The van der Waals surface area contributed by atoms with Gasteiger partial charge in [0.2, 0.25) is 0 Å². The second-order valence-corrected chi connectivity index (χ2v) is 16.2. The monoisotopic (exact) mass is 762 g/mol. The van der Waals surface area contributed by atoms with Crippen molar-refractivity contribution in [3.63, 3.8) is 0 Å². The van der Waals surface area contributed by atoms with Crippen molar-refractivity contribution in [2.75, 3.05) is 0 Å². The lowest BCUT2D eigenvalue weighted by molar-refractivity contribution is 0.714. The highest BCUT2D eigenvalue weighted by Gasteiger charge is 2.40. The number of hydrogen-bond acceptors (Lipinski definition) is 2. The van der Waals surface area contributed by atoms with Gasteiger partial charge in [0.25, 0.3) is 0 Å². The summed E-state index contributed by atoms with van der Waals surface area (Å²) in [4.78, 5) is 10.6. The average Bonchev–Trinajstić information content (AvgIpc) is 3.58. The van der Waals surface area contributed by atoms with Crippen molar-refractivity contribution in [2.45, 2.75) is 12.3 Å². The van der Waals surface area contributed by atoms with Crippen molar-refractivity contribution in [3.8, 4) is 56.2 Å². The summed E-state index contributed by atoms with van der Waals surface area (Å²) in [6.45, 7) is 2.36. The summed E-state index contributed by atoms with van der Waals surface area (Å²) >= 11 is 0. The van der Waals surface area contributed by atoms with Crippen molar-refractivity contribution in [1.82, 2.24) is 9.97 Å². The Kier molecular flexibility index (Phi) is 7.70. The van der Waals surface area contributed by atoms with Crippen molar-refractivity contribution in [2.24, 2.45) is 0 Å². The van der Waals surface area contributed by atoms with E-state index >= 15 is 0 Å². The fourth-order valence-corrected chi connectivity index (χ4v) is 10.0. The molecule has 0 fully saturated rings. The van der Waals surface area contributed by atoms with E-state index in [1.54, 1.807) is 0 Å². The van der Waals surface area contributed by atoms with E-state index in [1.165, 1.54) is 76.6 Å². The smallest absolute Gasteiger partial charge is 0.160 e. The lowest BCUT2D eigenvalue weighted by atomic mass is 9.74.